The highest BCUT2D eigenvalue weighted by Gasteiger charge is 2.28. The Bertz CT molecular complexity index is 477. The fourth-order valence-electron chi connectivity index (χ4n) is 1.78. The molecule has 1 atom stereocenters. The van der Waals surface area contributed by atoms with Crippen LogP contribution in [0.4, 0.5) is 0 Å². The monoisotopic (exact) mass is 268 g/mol. The van der Waals surface area contributed by atoms with Crippen LogP contribution in [0.25, 0.3) is 0 Å². The number of aromatic nitrogens is 1. The highest BCUT2D eigenvalue weighted by atomic mass is 16.5. The third kappa shape index (κ3) is 3.33. The minimum atomic E-state index is -1.05. The van der Waals surface area contributed by atoms with Gasteiger partial charge >= 0.3 is 5.97 Å². The predicted molar refractivity (Wildman–Crippen MR) is 69.1 cm³/mol. The van der Waals surface area contributed by atoms with Crippen LogP contribution in [0.1, 0.15) is 55.4 Å². The second-order valence-corrected chi connectivity index (χ2v) is 5.20. The van der Waals surface area contributed by atoms with Crippen LogP contribution in [0.3, 0.4) is 0 Å². The molecule has 0 saturated carbocycles. The molecule has 1 rings (SSSR count). The first-order valence-corrected chi connectivity index (χ1v) is 6.25. The number of carboxylic acid groups (broad SMARTS) is 1. The normalized spacial score (nSPS) is 12.8. The van der Waals surface area contributed by atoms with Crippen LogP contribution in [0.5, 0.6) is 0 Å². The van der Waals surface area contributed by atoms with Gasteiger partial charge in [-0.15, -0.1) is 0 Å². The highest BCUT2D eigenvalue weighted by Crippen LogP contribution is 2.22. The van der Waals surface area contributed by atoms with Gasteiger partial charge in [-0.2, -0.15) is 0 Å². The summed E-state index contributed by atoms with van der Waals surface area (Å²) in [5, 5.41) is 15.4. The van der Waals surface area contributed by atoms with Crippen molar-refractivity contribution >= 4 is 11.9 Å². The molecule has 0 bridgehead atoms. The molecule has 0 spiro atoms. The predicted octanol–water partition coefficient (Wildman–Crippen LogP) is 1.95. The number of rotatable bonds is 5. The average Bonchev–Trinajstić information content (AvgIpc) is 2.66. The van der Waals surface area contributed by atoms with Gasteiger partial charge in [-0.25, -0.2) is 4.79 Å². The highest BCUT2D eigenvalue weighted by molar-refractivity contribution is 5.98. The zero-order valence-electron chi connectivity index (χ0n) is 11.9. The van der Waals surface area contributed by atoms with Crippen LogP contribution in [-0.4, -0.2) is 28.2 Å². The Kier molecular flexibility index (Phi) is 4.69. The molecule has 106 valence electrons. The molecule has 1 aromatic rings. The Morgan fingerprint density at radius 2 is 1.84 bits per heavy atom. The van der Waals surface area contributed by atoms with E-state index in [0.29, 0.717) is 17.0 Å². The summed E-state index contributed by atoms with van der Waals surface area (Å²) in [6.45, 7) is 8.91. The number of carbonyl (C=O) groups excluding carboxylic acids is 1. The molecule has 1 aromatic heterocycles. The fourth-order valence-corrected chi connectivity index (χ4v) is 1.78. The minimum absolute atomic E-state index is 0.00396. The Morgan fingerprint density at radius 3 is 2.26 bits per heavy atom. The lowest BCUT2D eigenvalue weighted by Gasteiger charge is -2.18. The van der Waals surface area contributed by atoms with Gasteiger partial charge in [0, 0.05) is 5.92 Å². The lowest BCUT2D eigenvalue weighted by Crippen LogP contribution is -2.44. The third-order valence-electron chi connectivity index (χ3n) is 2.86. The average molecular weight is 268 g/mol. The summed E-state index contributed by atoms with van der Waals surface area (Å²) in [5.41, 5.74) is 0.802. The van der Waals surface area contributed by atoms with E-state index in [0.717, 1.165) is 0 Å². The van der Waals surface area contributed by atoms with E-state index in [1.807, 2.05) is 13.8 Å². The molecule has 0 aliphatic carbocycles. The first kappa shape index (κ1) is 15.2. The number of aliphatic carboxylic acids is 1. The van der Waals surface area contributed by atoms with Crippen molar-refractivity contribution in [1.82, 2.24) is 10.5 Å². The van der Waals surface area contributed by atoms with Crippen molar-refractivity contribution in [3.8, 4) is 0 Å². The molecule has 0 radical (unpaired) electrons. The molecule has 6 nitrogen and oxygen atoms in total. The standard InChI is InChI=1S/C13H20N2O4/c1-6(2)10(13(17)18)14-12(16)9-8(5)15-19-11(9)7(3)4/h6-7,10H,1-5H3,(H,14,16)(H,17,18)/t10-/m1/s1. The zero-order valence-corrected chi connectivity index (χ0v) is 11.9. The molecule has 0 aliphatic rings. The molecular formula is C13H20N2O4. The Balaban J connectivity index is 3.01. The van der Waals surface area contributed by atoms with Crippen molar-refractivity contribution < 1.29 is 19.2 Å². The number of aryl methyl sites for hydroxylation is 1. The van der Waals surface area contributed by atoms with Crippen LogP contribution in [-0.2, 0) is 4.79 Å². The van der Waals surface area contributed by atoms with E-state index < -0.39 is 17.9 Å². The van der Waals surface area contributed by atoms with Gasteiger partial charge < -0.3 is 14.9 Å². The number of hydrogen-bond acceptors (Lipinski definition) is 4. The topological polar surface area (TPSA) is 92.4 Å². The molecule has 2 N–H and O–H groups in total. The Hall–Kier alpha value is -1.85. The first-order valence-electron chi connectivity index (χ1n) is 6.25. The number of nitrogens with zero attached hydrogens (tertiary/aromatic N) is 1. The van der Waals surface area contributed by atoms with Crippen molar-refractivity contribution in [2.24, 2.45) is 5.92 Å². The van der Waals surface area contributed by atoms with Crippen LogP contribution in [0.2, 0.25) is 0 Å². The second kappa shape index (κ2) is 5.86. The fraction of sp³-hybridized carbons (Fsp3) is 0.615. The number of nitrogens with one attached hydrogen (secondary N) is 1. The summed E-state index contributed by atoms with van der Waals surface area (Å²) in [6, 6.07) is -0.929. The summed E-state index contributed by atoms with van der Waals surface area (Å²) in [5.74, 6) is -1.23. The van der Waals surface area contributed by atoms with Gasteiger partial charge in [-0.05, 0) is 12.8 Å². The first-order chi connectivity index (χ1) is 8.75. The number of carboxylic acids is 1. The van der Waals surface area contributed by atoms with Gasteiger partial charge in [0.05, 0.1) is 5.69 Å². The number of amides is 1. The summed E-state index contributed by atoms with van der Waals surface area (Å²) in [4.78, 5) is 23.3. The van der Waals surface area contributed by atoms with Gasteiger partial charge in [-0.1, -0.05) is 32.9 Å². The minimum Gasteiger partial charge on any atom is -0.480 e. The maximum Gasteiger partial charge on any atom is 0.326 e. The van der Waals surface area contributed by atoms with E-state index >= 15 is 0 Å². The van der Waals surface area contributed by atoms with Crippen molar-refractivity contribution in [1.29, 1.82) is 0 Å². The van der Waals surface area contributed by atoms with Crippen LogP contribution in [0.15, 0.2) is 4.52 Å². The van der Waals surface area contributed by atoms with E-state index in [1.54, 1.807) is 20.8 Å². The summed E-state index contributed by atoms with van der Waals surface area (Å²) in [6.07, 6.45) is 0. The molecule has 6 heteroatoms. The largest absolute Gasteiger partial charge is 0.480 e. The summed E-state index contributed by atoms with van der Waals surface area (Å²) >= 11 is 0. The lowest BCUT2D eigenvalue weighted by atomic mass is 10.0. The van der Waals surface area contributed by atoms with Gasteiger partial charge in [0.2, 0.25) is 0 Å². The SMILES string of the molecule is Cc1noc(C(C)C)c1C(=O)N[C@@H](C(=O)O)C(C)C. The lowest BCUT2D eigenvalue weighted by molar-refractivity contribution is -0.140. The number of carbonyl (C=O) groups is 2. The summed E-state index contributed by atoms with van der Waals surface area (Å²) < 4.78 is 5.12. The molecule has 0 aromatic carbocycles. The van der Waals surface area contributed by atoms with Crippen molar-refractivity contribution in [2.75, 3.05) is 0 Å². The van der Waals surface area contributed by atoms with E-state index in [9.17, 15) is 9.59 Å². The number of hydrogen-bond donors (Lipinski definition) is 2. The van der Waals surface area contributed by atoms with E-state index in [4.69, 9.17) is 9.63 Å². The van der Waals surface area contributed by atoms with Crippen LogP contribution in [0, 0.1) is 12.8 Å². The molecule has 1 amide bonds. The molecule has 19 heavy (non-hydrogen) atoms. The van der Waals surface area contributed by atoms with Crippen molar-refractivity contribution in [3.63, 3.8) is 0 Å². The van der Waals surface area contributed by atoms with E-state index in [2.05, 4.69) is 10.5 Å². The van der Waals surface area contributed by atoms with Crippen molar-refractivity contribution in [3.05, 3.63) is 17.0 Å². The van der Waals surface area contributed by atoms with Crippen LogP contribution < -0.4 is 5.32 Å². The van der Waals surface area contributed by atoms with Crippen molar-refractivity contribution in [2.45, 2.75) is 46.6 Å². The van der Waals surface area contributed by atoms with E-state index in [1.165, 1.54) is 0 Å². The Morgan fingerprint density at radius 1 is 1.26 bits per heavy atom. The van der Waals surface area contributed by atoms with E-state index in [-0.39, 0.29) is 11.8 Å². The van der Waals surface area contributed by atoms with Gasteiger partial charge in [0.15, 0.2) is 5.76 Å². The third-order valence-corrected chi connectivity index (χ3v) is 2.86. The van der Waals surface area contributed by atoms with Gasteiger partial charge in [0.1, 0.15) is 11.6 Å². The molecule has 1 heterocycles. The quantitative estimate of drug-likeness (QED) is 0.851. The zero-order chi connectivity index (χ0) is 14.7. The summed E-state index contributed by atoms with van der Waals surface area (Å²) in [7, 11) is 0. The molecular weight excluding hydrogens is 248 g/mol. The molecule has 0 fully saturated rings. The maximum atomic E-state index is 12.2. The smallest absolute Gasteiger partial charge is 0.326 e. The Labute approximate surface area is 112 Å². The molecule has 0 saturated heterocycles. The van der Waals surface area contributed by atoms with Crippen LogP contribution >= 0.6 is 0 Å². The molecule has 0 unspecified atom stereocenters. The van der Waals surface area contributed by atoms with Gasteiger partial charge in [-0.3, -0.25) is 4.79 Å². The molecule has 0 aliphatic heterocycles. The second-order valence-electron chi connectivity index (χ2n) is 5.20. The maximum absolute atomic E-state index is 12.2. The van der Waals surface area contributed by atoms with Gasteiger partial charge in [0.25, 0.3) is 5.91 Å².